The summed E-state index contributed by atoms with van der Waals surface area (Å²) in [5.74, 6) is 1.75. The highest BCUT2D eigenvalue weighted by atomic mass is 16.5. The molecular formula is C16H30N2O. The lowest BCUT2D eigenvalue weighted by Gasteiger charge is -2.22. The third kappa shape index (κ3) is 3.93. The Morgan fingerprint density at radius 3 is 2.58 bits per heavy atom. The van der Waals surface area contributed by atoms with Crippen molar-refractivity contribution in [3.8, 4) is 0 Å². The van der Waals surface area contributed by atoms with Gasteiger partial charge in [0.15, 0.2) is 0 Å². The van der Waals surface area contributed by atoms with E-state index in [0.29, 0.717) is 12.2 Å². The van der Waals surface area contributed by atoms with Crippen LogP contribution in [0.15, 0.2) is 0 Å². The van der Waals surface area contributed by atoms with Gasteiger partial charge in [0.25, 0.3) is 0 Å². The van der Waals surface area contributed by atoms with Crippen LogP contribution in [0.4, 0.5) is 0 Å². The van der Waals surface area contributed by atoms with Crippen LogP contribution < -0.4 is 5.32 Å². The van der Waals surface area contributed by atoms with Crippen molar-refractivity contribution in [1.29, 1.82) is 0 Å². The molecule has 0 aromatic heterocycles. The van der Waals surface area contributed by atoms with Crippen molar-refractivity contribution < 1.29 is 4.74 Å². The van der Waals surface area contributed by atoms with E-state index < -0.39 is 0 Å². The number of likely N-dealkylation sites (tertiary alicyclic amines) is 1. The number of ether oxygens (including phenoxy) is 1. The van der Waals surface area contributed by atoms with E-state index in [2.05, 4.69) is 24.1 Å². The zero-order valence-corrected chi connectivity index (χ0v) is 12.6. The molecule has 110 valence electrons. The summed E-state index contributed by atoms with van der Waals surface area (Å²) >= 11 is 0. The number of nitrogens with zero attached hydrogens (tertiary/aromatic N) is 1. The molecule has 3 aliphatic rings. The maximum absolute atomic E-state index is 6.19. The number of hydrogen-bond donors (Lipinski definition) is 1. The average Bonchev–Trinajstić information content (AvgIpc) is 2.91. The van der Waals surface area contributed by atoms with E-state index in [0.717, 1.165) is 24.4 Å². The first-order valence-corrected chi connectivity index (χ1v) is 8.32. The largest absolute Gasteiger partial charge is 0.372 e. The van der Waals surface area contributed by atoms with Crippen molar-refractivity contribution in [2.45, 2.75) is 64.2 Å². The molecule has 3 nitrogen and oxygen atoms in total. The van der Waals surface area contributed by atoms with Crippen LogP contribution in [0.3, 0.4) is 0 Å². The molecule has 3 heteroatoms. The second-order valence-corrected chi connectivity index (χ2v) is 7.19. The first-order valence-electron chi connectivity index (χ1n) is 8.32. The molecule has 2 heterocycles. The predicted octanol–water partition coefficient (Wildman–Crippen LogP) is 2.26. The summed E-state index contributed by atoms with van der Waals surface area (Å²) in [4.78, 5) is 2.63. The molecule has 3 unspecified atom stereocenters. The summed E-state index contributed by atoms with van der Waals surface area (Å²) in [7, 11) is 0. The molecule has 3 fully saturated rings. The fraction of sp³-hybridized carbons (Fsp3) is 1.00. The molecule has 1 N–H and O–H groups in total. The van der Waals surface area contributed by atoms with Crippen LogP contribution in [0.25, 0.3) is 0 Å². The van der Waals surface area contributed by atoms with E-state index in [-0.39, 0.29) is 0 Å². The van der Waals surface area contributed by atoms with Gasteiger partial charge in [-0.05, 0) is 50.5 Å². The Hall–Kier alpha value is -0.120. The predicted molar refractivity (Wildman–Crippen MR) is 78.3 cm³/mol. The highest BCUT2D eigenvalue weighted by Crippen LogP contribution is 2.27. The lowest BCUT2D eigenvalue weighted by Crippen LogP contribution is -2.33. The van der Waals surface area contributed by atoms with Crippen LogP contribution in [-0.2, 0) is 4.74 Å². The molecule has 0 aromatic rings. The van der Waals surface area contributed by atoms with E-state index >= 15 is 0 Å². The van der Waals surface area contributed by atoms with E-state index in [1.165, 1.54) is 51.7 Å². The Kier molecular flexibility index (Phi) is 4.45. The van der Waals surface area contributed by atoms with Crippen molar-refractivity contribution in [3.05, 3.63) is 0 Å². The zero-order chi connectivity index (χ0) is 13.2. The summed E-state index contributed by atoms with van der Waals surface area (Å²) < 4.78 is 6.19. The highest BCUT2D eigenvalue weighted by molar-refractivity contribution is 4.86. The molecule has 0 bridgehead atoms. The lowest BCUT2D eigenvalue weighted by atomic mass is 9.95. The Balaban J connectivity index is 1.34. The maximum atomic E-state index is 6.19. The number of hydrogen-bond acceptors (Lipinski definition) is 3. The van der Waals surface area contributed by atoms with Crippen molar-refractivity contribution in [1.82, 2.24) is 10.2 Å². The maximum Gasteiger partial charge on any atom is 0.0707 e. The van der Waals surface area contributed by atoms with Crippen molar-refractivity contribution in [2.75, 3.05) is 26.2 Å². The van der Waals surface area contributed by atoms with Gasteiger partial charge in [-0.2, -0.15) is 0 Å². The Labute approximate surface area is 118 Å². The van der Waals surface area contributed by atoms with E-state index in [1.54, 1.807) is 0 Å². The molecular weight excluding hydrogens is 236 g/mol. The summed E-state index contributed by atoms with van der Waals surface area (Å²) in [6, 6.07) is 0.813. The van der Waals surface area contributed by atoms with Gasteiger partial charge in [-0.15, -0.1) is 0 Å². The molecule has 1 aliphatic carbocycles. The normalized spacial score (nSPS) is 36.5. The van der Waals surface area contributed by atoms with E-state index in [9.17, 15) is 0 Å². The third-order valence-electron chi connectivity index (χ3n) is 5.12. The van der Waals surface area contributed by atoms with Gasteiger partial charge in [-0.3, -0.25) is 0 Å². The second kappa shape index (κ2) is 6.11. The summed E-state index contributed by atoms with van der Waals surface area (Å²) in [6.45, 7) is 9.55. The van der Waals surface area contributed by atoms with E-state index in [4.69, 9.17) is 4.74 Å². The topological polar surface area (TPSA) is 24.5 Å². The van der Waals surface area contributed by atoms with Gasteiger partial charge in [-0.25, -0.2) is 0 Å². The van der Waals surface area contributed by atoms with Gasteiger partial charge < -0.3 is 15.0 Å². The first kappa shape index (κ1) is 13.8. The minimum absolute atomic E-state index is 0.481. The molecule has 2 saturated heterocycles. The average molecular weight is 266 g/mol. The lowest BCUT2D eigenvalue weighted by molar-refractivity contribution is 0.0264. The molecule has 1 saturated carbocycles. The molecule has 0 spiro atoms. The highest BCUT2D eigenvalue weighted by Gasteiger charge is 2.31. The van der Waals surface area contributed by atoms with Gasteiger partial charge >= 0.3 is 0 Å². The standard InChI is InChI=1S/C16H30N2O/c1-12(2)13-7-8-18(10-13)11-16-6-5-15(19-16)9-17-14-3-4-14/h12-17H,3-11H2,1-2H3. The molecule has 0 aromatic carbocycles. The monoisotopic (exact) mass is 266 g/mol. The smallest absolute Gasteiger partial charge is 0.0707 e. The quantitative estimate of drug-likeness (QED) is 0.798. The fourth-order valence-electron chi connectivity index (χ4n) is 3.51. The third-order valence-corrected chi connectivity index (χ3v) is 5.12. The van der Waals surface area contributed by atoms with Crippen molar-refractivity contribution in [2.24, 2.45) is 11.8 Å². The van der Waals surface area contributed by atoms with Gasteiger partial charge in [0, 0.05) is 25.7 Å². The van der Waals surface area contributed by atoms with Gasteiger partial charge in [0.1, 0.15) is 0 Å². The molecule has 3 rings (SSSR count). The summed E-state index contributed by atoms with van der Waals surface area (Å²) in [5.41, 5.74) is 0. The molecule has 0 radical (unpaired) electrons. The fourth-order valence-corrected chi connectivity index (χ4v) is 3.51. The van der Waals surface area contributed by atoms with Crippen LogP contribution in [-0.4, -0.2) is 49.3 Å². The van der Waals surface area contributed by atoms with Crippen molar-refractivity contribution in [3.63, 3.8) is 0 Å². The van der Waals surface area contributed by atoms with Gasteiger partial charge in [0.05, 0.1) is 12.2 Å². The Morgan fingerprint density at radius 2 is 1.89 bits per heavy atom. The van der Waals surface area contributed by atoms with Crippen LogP contribution in [0.2, 0.25) is 0 Å². The number of rotatable bonds is 6. The van der Waals surface area contributed by atoms with Crippen LogP contribution in [0, 0.1) is 11.8 Å². The molecule has 19 heavy (non-hydrogen) atoms. The minimum atomic E-state index is 0.481. The van der Waals surface area contributed by atoms with Crippen molar-refractivity contribution >= 4 is 0 Å². The summed E-state index contributed by atoms with van der Waals surface area (Å²) in [5, 5.41) is 3.60. The number of nitrogens with one attached hydrogen (secondary N) is 1. The van der Waals surface area contributed by atoms with Gasteiger partial charge in [0.2, 0.25) is 0 Å². The SMILES string of the molecule is CC(C)C1CCN(CC2CCC(CNC3CC3)O2)C1. The minimum Gasteiger partial charge on any atom is -0.372 e. The molecule has 2 aliphatic heterocycles. The zero-order valence-electron chi connectivity index (χ0n) is 12.6. The summed E-state index contributed by atoms with van der Waals surface area (Å²) in [6.07, 6.45) is 7.63. The molecule has 0 amide bonds. The molecule has 3 atom stereocenters. The van der Waals surface area contributed by atoms with Crippen LogP contribution in [0.5, 0.6) is 0 Å². The van der Waals surface area contributed by atoms with Gasteiger partial charge in [-0.1, -0.05) is 13.8 Å². The second-order valence-electron chi connectivity index (χ2n) is 7.19. The van der Waals surface area contributed by atoms with Crippen LogP contribution in [0.1, 0.15) is 46.0 Å². The first-order chi connectivity index (χ1) is 9.20. The Bertz CT molecular complexity index is 290. The Morgan fingerprint density at radius 1 is 1.11 bits per heavy atom. The van der Waals surface area contributed by atoms with E-state index in [1.807, 2.05) is 0 Å². The van der Waals surface area contributed by atoms with Crippen LogP contribution >= 0.6 is 0 Å².